The molecule has 3 aromatic heterocycles. The van der Waals surface area contributed by atoms with Crippen LogP contribution >= 0.6 is 0 Å². The Labute approximate surface area is 156 Å². The van der Waals surface area contributed by atoms with Crippen LogP contribution in [0.1, 0.15) is 24.2 Å². The molecule has 2 aliphatic heterocycles. The topological polar surface area (TPSA) is 79.5 Å². The van der Waals surface area contributed by atoms with Crippen LogP contribution in [0, 0.1) is 12.3 Å². The smallest absolute Gasteiger partial charge is 0.231 e. The van der Waals surface area contributed by atoms with Crippen molar-refractivity contribution in [3.05, 3.63) is 48.2 Å². The first-order chi connectivity index (χ1) is 13.1. The lowest BCUT2D eigenvalue weighted by Gasteiger charge is -2.24. The van der Waals surface area contributed by atoms with E-state index in [2.05, 4.69) is 25.2 Å². The fourth-order valence-corrected chi connectivity index (χ4v) is 4.35. The van der Waals surface area contributed by atoms with Gasteiger partial charge in [0.05, 0.1) is 29.0 Å². The van der Waals surface area contributed by atoms with Crippen LogP contribution in [0.5, 0.6) is 0 Å². The molecular weight excluding hydrogens is 342 g/mol. The van der Waals surface area contributed by atoms with Crippen LogP contribution in [0.25, 0.3) is 5.65 Å². The summed E-state index contributed by atoms with van der Waals surface area (Å²) in [5, 5.41) is 12.6. The lowest BCUT2D eigenvalue weighted by atomic mass is 9.85. The van der Waals surface area contributed by atoms with Gasteiger partial charge in [-0.15, -0.1) is 10.2 Å². The van der Waals surface area contributed by atoms with Crippen molar-refractivity contribution in [2.24, 2.45) is 5.41 Å². The molecule has 2 fully saturated rings. The summed E-state index contributed by atoms with van der Waals surface area (Å²) in [6.45, 7) is 4.90. The van der Waals surface area contributed by atoms with Crippen molar-refractivity contribution in [2.45, 2.75) is 26.3 Å². The Bertz CT molecular complexity index is 1000. The highest BCUT2D eigenvalue weighted by Crippen LogP contribution is 2.43. The fraction of sp³-hybridized carbons (Fsp3) is 0.421. The van der Waals surface area contributed by atoms with E-state index in [0.717, 1.165) is 55.2 Å². The second-order valence-electron chi connectivity index (χ2n) is 7.52. The average molecular weight is 363 g/mol. The van der Waals surface area contributed by atoms with Gasteiger partial charge in [0.1, 0.15) is 6.33 Å². The molecule has 138 valence electrons. The Hall–Kier alpha value is -3.03. The van der Waals surface area contributed by atoms with Crippen molar-refractivity contribution < 1.29 is 4.79 Å². The normalized spacial score (nSPS) is 22.5. The molecule has 3 aromatic rings. The predicted molar refractivity (Wildman–Crippen MR) is 99.1 cm³/mol. The van der Waals surface area contributed by atoms with Crippen molar-refractivity contribution in [1.29, 1.82) is 0 Å². The average Bonchev–Trinajstić information content (AvgIpc) is 3.38. The second-order valence-corrected chi connectivity index (χ2v) is 7.52. The third-order valence-electron chi connectivity index (χ3n) is 5.75. The summed E-state index contributed by atoms with van der Waals surface area (Å²) in [5.41, 5.74) is 3.30. The fourth-order valence-electron chi connectivity index (χ4n) is 4.35. The minimum absolute atomic E-state index is 0.249. The first-order valence-corrected chi connectivity index (χ1v) is 9.27. The molecule has 1 spiro atoms. The summed E-state index contributed by atoms with van der Waals surface area (Å²) in [7, 11) is 0. The standard InChI is InChI=1S/C19H21N7O/c1-14-10-16(17-22-21-13-26(17)23-14)25-9-6-19(12-25)5-8-24(18(19)27)11-15-4-2-3-7-20-15/h2-4,7,10,13H,5-6,8-9,11-12H2,1H3. The highest BCUT2D eigenvalue weighted by molar-refractivity contribution is 5.87. The first kappa shape index (κ1) is 16.2. The van der Waals surface area contributed by atoms with Crippen LogP contribution < -0.4 is 4.90 Å². The van der Waals surface area contributed by atoms with Gasteiger partial charge >= 0.3 is 0 Å². The van der Waals surface area contributed by atoms with Gasteiger partial charge in [0.15, 0.2) is 0 Å². The van der Waals surface area contributed by atoms with E-state index >= 15 is 0 Å². The molecule has 0 radical (unpaired) electrons. The van der Waals surface area contributed by atoms with Crippen LogP contribution in [0.3, 0.4) is 0 Å². The van der Waals surface area contributed by atoms with E-state index in [4.69, 9.17) is 0 Å². The molecule has 5 heterocycles. The third-order valence-corrected chi connectivity index (χ3v) is 5.75. The number of amides is 1. The summed E-state index contributed by atoms with van der Waals surface area (Å²) >= 11 is 0. The van der Waals surface area contributed by atoms with Crippen molar-refractivity contribution in [1.82, 2.24) is 29.7 Å². The number of aryl methyl sites for hydroxylation is 1. The maximum Gasteiger partial charge on any atom is 0.231 e. The van der Waals surface area contributed by atoms with Crippen LogP contribution in [0.15, 0.2) is 36.8 Å². The van der Waals surface area contributed by atoms with Crippen LogP contribution in [0.2, 0.25) is 0 Å². The van der Waals surface area contributed by atoms with Gasteiger partial charge in [-0.3, -0.25) is 9.78 Å². The zero-order valence-corrected chi connectivity index (χ0v) is 15.2. The quantitative estimate of drug-likeness (QED) is 0.701. The molecule has 1 amide bonds. The van der Waals surface area contributed by atoms with Crippen molar-refractivity contribution in [3.8, 4) is 0 Å². The second kappa shape index (κ2) is 6.00. The molecule has 1 atom stereocenters. The molecule has 1 unspecified atom stereocenters. The molecule has 2 aliphatic rings. The number of fused-ring (bicyclic) bond motifs is 1. The molecule has 8 heteroatoms. The Kier molecular flexibility index (Phi) is 3.60. The minimum Gasteiger partial charge on any atom is -0.367 e. The number of hydrogen-bond donors (Lipinski definition) is 0. The van der Waals surface area contributed by atoms with Gasteiger partial charge < -0.3 is 9.80 Å². The van der Waals surface area contributed by atoms with Gasteiger partial charge in [-0.2, -0.15) is 9.61 Å². The van der Waals surface area contributed by atoms with Gasteiger partial charge in [-0.25, -0.2) is 0 Å². The van der Waals surface area contributed by atoms with Crippen LogP contribution in [0.4, 0.5) is 5.69 Å². The first-order valence-electron chi connectivity index (χ1n) is 9.27. The summed E-state index contributed by atoms with van der Waals surface area (Å²) in [6, 6.07) is 7.87. The van der Waals surface area contributed by atoms with E-state index in [9.17, 15) is 4.79 Å². The molecular formula is C19H21N7O. The summed E-state index contributed by atoms with van der Waals surface area (Å²) < 4.78 is 1.71. The summed E-state index contributed by atoms with van der Waals surface area (Å²) in [5.74, 6) is 0.249. The maximum atomic E-state index is 13.2. The van der Waals surface area contributed by atoms with E-state index in [0.29, 0.717) is 6.54 Å². The minimum atomic E-state index is -0.303. The number of hydrogen-bond acceptors (Lipinski definition) is 6. The summed E-state index contributed by atoms with van der Waals surface area (Å²) in [6.07, 6.45) is 5.15. The number of carbonyl (C=O) groups excluding carboxylic acids is 1. The van der Waals surface area contributed by atoms with Gasteiger partial charge in [-0.05, 0) is 38.0 Å². The maximum absolute atomic E-state index is 13.2. The Morgan fingerprint density at radius 1 is 1.22 bits per heavy atom. The Morgan fingerprint density at radius 3 is 2.96 bits per heavy atom. The number of aromatic nitrogens is 5. The van der Waals surface area contributed by atoms with E-state index in [1.807, 2.05) is 36.1 Å². The molecule has 0 aromatic carbocycles. The number of likely N-dealkylation sites (tertiary alicyclic amines) is 1. The monoisotopic (exact) mass is 363 g/mol. The lowest BCUT2D eigenvalue weighted by molar-refractivity contribution is -0.135. The van der Waals surface area contributed by atoms with E-state index in [1.165, 1.54) is 0 Å². The van der Waals surface area contributed by atoms with E-state index < -0.39 is 0 Å². The van der Waals surface area contributed by atoms with Gasteiger partial charge in [0, 0.05) is 25.8 Å². The summed E-state index contributed by atoms with van der Waals surface area (Å²) in [4.78, 5) is 21.8. The zero-order valence-electron chi connectivity index (χ0n) is 15.2. The number of rotatable bonds is 3. The number of nitrogens with zero attached hydrogens (tertiary/aromatic N) is 7. The van der Waals surface area contributed by atoms with Crippen LogP contribution in [-0.4, -0.2) is 55.2 Å². The third kappa shape index (κ3) is 2.63. The highest BCUT2D eigenvalue weighted by atomic mass is 16.2. The van der Waals surface area contributed by atoms with Gasteiger partial charge in [0.25, 0.3) is 0 Å². The Balaban J connectivity index is 1.38. The largest absolute Gasteiger partial charge is 0.367 e. The predicted octanol–water partition coefficient (Wildman–Crippen LogP) is 1.46. The molecule has 0 bridgehead atoms. The molecule has 0 N–H and O–H groups in total. The van der Waals surface area contributed by atoms with E-state index in [-0.39, 0.29) is 11.3 Å². The van der Waals surface area contributed by atoms with Crippen LogP contribution in [-0.2, 0) is 11.3 Å². The highest BCUT2D eigenvalue weighted by Gasteiger charge is 2.51. The molecule has 8 nitrogen and oxygen atoms in total. The Morgan fingerprint density at radius 2 is 2.11 bits per heavy atom. The zero-order chi connectivity index (χ0) is 18.4. The molecule has 5 rings (SSSR count). The molecule has 2 saturated heterocycles. The van der Waals surface area contributed by atoms with Gasteiger partial charge in [0.2, 0.25) is 11.6 Å². The molecule has 27 heavy (non-hydrogen) atoms. The number of pyridine rings is 1. The van der Waals surface area contributed by atoms with E-state index in [1.54, 1.807) is 17.0 Å². The van der Waals surface area contributed by atoms with Crippen molar-refractivity contribution in [3.63, 3.8) is 0 Å². The molecule has 0 saturated carbocycles. The molecule has 0 aliphatic carbocycles. The van der Waals surface area contributed by atoms with Gasteiger partial charge in [-0.1, -0.05) is 6.07 Å². The number of carbonyl (C=O) groups is 1. The van der Waals surface area contributed by atoms with Crippen molar-refractivity contribution in [2.75, 3.05) is 24.5 Å². The van der Waals surface area contributed by atoms with Crippen molar-refractivity contribution >= 4 is 17.2 Å². The lowest BCUT2D eigenvalue weighted by Crippen LogP contribution is -2.37. The number of anilines is 1. The SMILES string of the molecule is Cc1cc(N2CCC3(CCN(Cc4ccccn4)C3=O)C2)c2nncn2n1.